The molecule has 0 radical (unpaired) electrons. The highest BCUT2D eigenvalue weighted by molar-refractivity contribution is 5.81. The van der Waals surface area contributed by atoms with Gasteiger partial charge in [0.05, 0.1) is 6.61 Å². The van der Waals surface area contributed by atoms with Crippen LogP contribution in [0.2, 0.25) is 0 Å². The van der Waals surface area contributed by atoms with Crippen molar-refractivity contribution >= 4 is 10.9 Å². The fourth-order valence-corrected chi connectivity index (χ4v) is 1.47. The minimum Gasteiger partial charge on any atom is -0.476 e. The molecule has 3 rings (SSSR count). The first-order valence-corrected chi connectivity index (χ1v) is 4.74. The average molecular weight is 189 g/mol. The average Bonchev–Trinajstić information content (AvgIpc) is 2.94. The van der Waals surface area contributed by atoms with Crippen molar-refractivity contribution in [3.8, 4) is 5.88 Å². The molecule has 1 atom stereocenters. The zero-order valence-electron chi connectivity index (χ0n) is 7.69. The minimum absolute atomic E-state index is 0.307. The molecule has 3 heteroatoms. The molecule has 0 saturated carbocycles. The number of H-pyrrole nitrogens is 1. The molecule has 1 aromatic carbocycles. The van der Waals surface area contributed by atoms with E-state index in [2.05, 4.69) is 11.1 Å². The summed E-state index contributed by atoms with van der Waals surface area (Å²) in [6.45, 7) is 1.48. The Morgan fingerprint density at radius 1 is 1.43 bits per heavy atom. The molecule has 1 aliphatic rings. The number of aromatic amines is 1. The topological polar surface area (TPSA) is 37.5 Å². The number of epoxide rings is 1. The molecule has 1 N–H and O–H groups in total. The van der Waals surface area contributed by atoms with Crippen molar-refractivity contribution in [3.63, 3.8) is 0 Å². The first-order chi connectivity index (χ1) is 6.92. The summed E-state index contributed by atoms with van der Waals surface area (Å²) in [6.07, 6.45) is 0.307. The Kier molecular flexibility index (Phi) is 1.70. The van der Waals surface area contributed by atoms with E-state index < -0.39 is 0 Å². The summed E-state index contributed by atoms with van der Waals surface area (Å²) in [5.74, 6) is 0.821. The quantitative estimate of drug-likeness (QED) is 0.749. The number of para-hydroxylation sites is 1. The number of hydrogen-bond acceptors (Lipinski definition) is 2. The molecule has 0 bridgehead atoms. The maximum absolute atomic E-state index is 5.53. The van der Waals surface area contributed by atoms with Gasteiger partial charge in [0.2, 0.25) is 0 Å². The van der Waals surface area contributed by atoms with Gasteiger partial charge in [0.1, 0.15) is 12.7 Å². The van der Waals surface area contributed by atoms with Crippen molar-refractivity contribution in [3.05, 3.63) is 30.3 Å². The predicted octanol–water partition coefficient (Wildman–Crippen LogP) is 1.95. The van der Waals surface area contributed by atoms with E-state index in [1.165, 1.54) is 5.39 Å². The van der Waals surface area contributed by atoms with Crippen LogP contribution in [0, 0.1) is 0 Å². The number of aromatic nitrogens is 1. The highest BCUT2D eigenvalue weighted by atomic mass is 16.6. The fraction of sp³-hybridized carbons (Fsp3) is 0.273. The van der Waals surface area contributed by atoms with Gasteiger partial charge >= 0.3 is 0 Å². The van der Waals surface area contributed by atoms with Gasteiger partial charge in [-0.05, 0) is 6.07 Å². The van der Waals surface area contributed by atoms with E-state index >= 15 is 0 Å². The van der Waals surface area contributed by atoms with Crippen LogP contribution in [-0.4, -0.2) is 24.3 Å². The summed E-state index contributed by atoms with van der Waals surface area (Å²) in [6, 6.07) is 10.1. The van der Waals surface area contributed by atoms with Crippen molar-refractivity contribution in [1.29, 1.82) is 0 Å². The van der Waals surface area contributed by atoms with Crippen molar-refractivity contribution in [2.75, 3.05) is 13.2 Å². The van der Waals surface area contributed by atoms with Crippen LogP contribution in [-0.2, 0) is 4.74 Å². The number of ether oxygens (including phenoxy) is 2. The van der Waals surface area contributed by atoms with Crippen LogP contribution in [0.5, 0.6) is 5.88 Å². The Bertz CT molecular complexity index is 412. The third-order valence-corrected chi connectivity index (χ3v) is 2.33. The first-order valence-electron chi connectivity index (χ1n) is 4.74. The Morgan fingerprint density at radius 3 is 3.07 bits per heavy atom. The summed E-state index contributed by atoms with van der Waals surface area (Å²) in [4.78, 5) is 3.20. The Labute approximate surface area is 81.6 Å². The molecule has 3 nitrogen and oxygen atoms in total. The molecule has 14 heavy (non-hydrogen) atoms. The molecule has 0 spiro atoms. The van der Waals surface area contributed by atoms with Crippen LogP contribution in [0.4, 0.5) is 0 Å². The lowest BCUT2D eigenvalue weighted by molar-refractivity contribution is 0.257. The standard InChI is InChI=1S/C11H11NO2/c1-2-4-10-8(3-1)5-11(12-10)14-7-9-6-13-9/h1-5,9,12H,6-7H2. The van der Waals surface area contributed by atoms with E-state index in [4.69, 9.17) is 9.47 Å². The number of hydrogen-bond donors (Lipinski definition) is 1. The Morgan fingerprint density at radius 2 is 2.29 bits per heavy atom. The van der Waals surface area contributed by atoms with Crippen molar-refractivity contribution < 1.29 is 9.47 Å². The van der Waals surface area contributed by atoms with Gasteiger partial charge in [0.25, 0.3) is 0 Å². The molecule has 0 aliphatic carbocycles. The van der Waals surface area contributed by atoms with E-state index in [0.29, 0.717) is 12.7 Å². The van der Waals surface area contributed by atoms with Gasteiger partial charge in [-0.25, -0.2) is 0 Å². The maximum Gasteiger partial charge on any atom is 0.191 e. The third kappa shape index (κ3) is 1.46. The van der Waals surface area contributed by atoms with Gasteiger partial charge in [-0.1, -0.05) is 18.2 Å². The van der Waals surface area contributed by atoms with Gasteiger partial charge in [-0.2, -0.15) is 0 Å². The van der Waals surface area contributed by atoms with Crippen LogP contribution < -0.4 is 4.74 Å². The predicted molar refractivity (Wildman–Crippen MR) is 53.5 cm³/mol. The van der Waals surface area contributed by atoms with Crippen molar-refractivity contribution in [1.82, 2.24) is 4.98 Å². The van der Waals surface area contributed by atoms with Crippen LogP contribution in [0.1, 0.15) is 0 Å². The number of benzene rings is 1. The van der Waals surface area contributed by atoms with Gasteiger partial charge in [0.15, 0.2) is 5.88 Å². The van der Waals surface area contributed by atoms with Gasteiger partial charge < -0.3 is 14.5 Å². The first kappa shape index (κ1) is 7.88. The Hall–Kier alpha value is -1.48. The van der Waals surface area contributed by atoms with E-state index in [9.17, 15) is 0 Å². The lowest BCUT2D eigenvalue weighted by Gasteiger charge is -1.98. The van der Waals surface area contributed by atoms with E-state index in [0.717, 1.165) is 18.0 Å². The second-order valence-electron chi connectivity index (χ2n) is 3.49. The molecule has 2 aromatic rings. The molecule has 1 fully saturated rings. The smallest absolute Gasteiger partial charge is 0.191 e. The van der Waals surface area contributed by atoms with E-state index in [1.807, 2.05) is 24.3 Å². The van der Waals surface area contributed by atoms with Gasteiger partial charge in [-0.15, -0.1) is 0 Å². The summed E-state index contributed by atoms with van der Waals surface area (Å²) in [5, 5.41) is 1.18. The molecule has 0 amide bonds. The molecular weight excluding hydrogens is 178 g/mol. The fourth-order valence-electron chi connectivity index (χ4n) is 1.47. The zero-order chi connectivity index (χ0) is 9.38. The lowest BCUT2D eigenvalue weighted by atomic mass is 10.3. The molecule has 1 saturated heterocycles. The number of nitrogens with one attached hydrogen (secondary N) is 1. The molecule has 1 aliphatic heterocycles. The van der Waals surface area contributed by atoms with Crippen LogP contribution in [0.15, 0.2) is 30.3 Å². The summed E-state index contributed by atoms with van der Waals surface area (Å²) < 4.78 is 10.6. The highest BCUT2D eigenvalue weighted by Crippen LogP contribution is 2.20. The molecule has 72 valence electrons. The second kappa shape index (κ2) is 3.03. The number of fused-ring (bicyclic) bond motifs is 1. The third-order valence-electron chi connectivity index (χ3n) is 2.33. The molecule has 2 heterocycles. The highest BCUT2D eigenvalue weighted by Gasteiger charge is 2.23. The number of rotatable bonds is 3. The Balaban J connectivity index is 1.82. The monoisotopic (exact) mass is 189 g/mol. The van der Waals surface area contributed by atoms with E-state index in [1.54, 1.807) is 0 Å². The van der Waals surface area contributed by atoms with E-state index in [-0.39, 0.29) is 0 Å². The zero-order valence-corrected chi connectivity index (χ0v) is 7.69. The SMILES string of the molecule is c1ccc2[nH]c(OCC3CO3)cc2c1. The van der Waals surface area contributed by atoms with Crippen LogP contribution in [0.3, 0.4) is 0 Å². The maximum atomic E-state index is 5.53. The summed E-state index contributed by atoms with van der Waals surface area (Å²) in [7, 11) is 0. The summed E-state index contributed by atoms with van der Waals surface area (Å²) >= 11 is 0. The lowest BCUT2D eigenvalue weighted by Crippen LogP contribution is -2.03. The minimum atomic E-state index is 0.307. The normalized spacial score (nSPS) is 19.9. The van der Waals surface area contributed by atoms with Crippen LogP contribution in [0.25, 0.3) is 10.9 Å². The van der Waals surface area contributed by atoms with Crippen LogP contribution >= 0.6 is 0 Å². The van der Waals surface area contributed by atoms with Crippen molar-refractivity contribution in [2.45, 2.75) is 6.10 Å². The summed E-state index contributed by atoms with van der Waals surface area (Å²) in [5.41, 5.74) is 1.11. The van der Waals surface area contributed by atoms with Gasteiger partial charge in [0, 0.05) is 17.0 Å². The molecule has 1 aromatic heterocycles. The van der Waals surface area contributed by atoms with Crippen molar-refractivity contribution in [2.24, 2.45) is 0 Å². The molecule has 1 unspecified atom stereocenters. The second-order valence-corrected chi connectivity index (χ2v) is 3.49. The largest absolute Gasteiger partial charge is 0.476 e. The molecular formula is C11H11NO2. The van der Waals surface area contributed by atoms with Gasteiger partial charge in [-0.3, -0.25) is 0 Å².